The molecule has 0 radical (unpaired) electrons. The van der Waals surface area contributed by atoms with Crippen molar-refractivity contribution in [1.82, 2.24) is 4.90 Å². The Balaban J connectivity index is 0. The Bertz CT molecular complexity index is 52.1. The lowest BCUT2D eigenvalue weighted by Gasteiger charge is -1.97. The van der Waals surface area contributed by atoms with E-state index in [0.29, 0.717) is 0 Å². The summed E-state index contributed by atoms with van der Waals surface area (Å²) >= 11 is 0. The minimum Gasteiger partial charge on any atom is -0.367 e. The van der Waals surface area contributed by atoms with Gasteiger partial charge in [-0.1, -0.05) is 0 Å². The number of halogens is 1. The van der Waals surface area contributed by atoms with E-state index in [2.05, 4.69) is 5.10 Å². The zero-order valence-corrected chi connectivity index (χ0v) is 5.27. The minimum absolute atomic E-state index is 0. The van der Waals surface area contributed by atoms with E-state index in [1.807, 2.05) is 14.1 Å². The second-order valence-corrected chi connectivity index (χ2v) is 1.23. The Kier molecular flexibility index (Phi) is 7.75. The van der Waals surface area contributed by atoms with Crippen LogP contribution in [0.3, 0.4) is 0 Å². The van der Waals surface area contributed by atoms with Crippen molar-refractivity contribution in [2.45, 2.75) is 0 Å². The van der Waals surface area contributed by atoms with Crippen LogP contribution in [0.2, 0.25) is 0 Å². The predicted molar refractivity (Wildman–Crippen MR) is 33.6 cm³/mol. The van der Waals surface area contributed by atoms with Crippen LogP contribution in [-0.2, 0) is 0 Å². The normalized spacial score (nSPS) is 8.29. The molecule has 44 valence electrons. The van der Waals surface area contributed by atoms with Gasteiger partial charge in [0.2, 0.25) is 0 Å². The number of hydrazone groups is 1. The molecular weight excluding hydrogens is 114 g/mol. The predicted octanol–water partition coefficient (Wildman–Crippen LogP) is -0.128. The third-order valence-corrected chi connectivity index (χ3v) is 0.298. The molecule has 0 bridgehead atoms. The second-order valence-electron chi connectivity index (χ2n) is 1.23. The van der Waals surface area contributed by atoms with Crippen molar-refractivity contribution >= 4 is 18.7 Å². The molecule has 0 spiro atoms. The molecule has 0 aromatic rings. The molecule has 0 aromatic carbocycles. The average Bonchev–Trinajstić information content (AvgIpc) is 1.35. The Morgan fingerprint density at radius 1 is 1.57 bits per heavy atom. The van der Waals surface area contributed by atoms with Crippen LogP contribution in [0.15, 0.2) is 5.10 Å². The first-order chi connectivity index (χ1) is 2.77. The van der Waals surface area contributed by atoms with Crippen molar-refractivity contribution in [3.05, 3.63) is 0 Å². The van der Waals surface area contributed by atoms with E-state index in [4.69, 9.17) is 5.84 Å². The average molecular weight is 124 g/mol. The van der Waals surface area contributed by atoms with Gasteiger partial charge in [-0.05, 0) is 0 Å². The van der Waals surface area contributed by atoms with E-state index < -0.39 is 0 Å². The molecule has 0 unspecified atom stereocenters. The van der Waals surface area contributed by atoms with E-state index in [1.165, 1.54) is 6.34 Å². The molecular formula is C3H10ClN3. The summed E-state index contributed by atoms with van der Waals surface area (Å²) < 4.78 is 0. The molecule has 0 atom stereocenters. The molecule has 0 rings (SSSR count). The molecule has 0 aliphatic rings. The maximum absolute atomic E-state index is 4.76. The molecule has 0 amide bonds. The van der Waals surface area contributed by atoms with Gasteiger partial charge in [-0.15, -0.1) is 12.4 Å². The van der Waals surface area contributed by atoms with Crippen molar-refractivity contribution < 1.29 is 0 Å². The van der Waals surface area contributed by atoms with Gasteiger partial charge >= 0.3 is 0 Å². The SMILES string of the molecule is CN(C)C=NN.Cl. The Morgan fingerprint density at radius 2 is 2.00 bits per heavy atom. The standard InChI is InChI=1S/C3H9N3.ClH/c1-6(2)3-5-4;/h3H,4H2,1-2H3;1H. The van der Waals surface area contributed by atoms with Crippen LogP contribution in [0.4, 0.5) is 0 Å². The van der Waals surface area contributed by atoms with Crippen molar-refractivity contribution in [3.8, 4) is 0 Å². The molecule has 0 aliphatic heterocycles. The van der Waals surface area contributed by atoms with E-state index in [-0.39, 0.29) is 12.4 Å². The summed E-state index contributed by atoms with van der Waals surface area (Å²) in [5, 5.41) is 3.24. The molecule has 0 saturated heterocycles. The largest absolute Gasteiger partial charge is 0.367 e. The van der Waals surface area contributed by atoms with E-state index >= 15 is 0 Å². The zero-order chi connectivity index (χ0) is 4.99. The van der Waals surface area contributed by atoms with Gasteiger partial charge in [-0.3, -0.25) is 0 Å². The first kappa shape index (κ1) is 9.75. The highest BCUT2D eigenvalue weighted by atomic mass is 35.5. The molecule has 0 aromatic heterocycles. The molecule has 0 heterocycles. The molecule has 4 heteroatoms. The summed E-state index contributed by atoms with van der Waals surface area (Å²) in [6, 6.07) is 0. The van der Waals surface area contributed by atoms with E-state index in [0.717, 1.165) is 0 Å². The summed E-state index contributed by atoms with van der Waals surface area (Å²) in [6.07, 6.45) is 1.53. The lowest BCUT2D eigenvalue weighted by atomic mass is 11.0. The molecule has 0 fully saturated rings. The lowest BCUT2D eigenvalue weighted by molar-refractivity contribution is 0.640. The van der Waals surface area contributed by atoms with Gasteiger partial charge in [0.05, 0.1) is 0 Å². The summed E-state index contributed by atoms with van der Waals surface area (Å²) in [5.74, 6) is 4.76. The molecule has 7 heavy (non-hydrogen) atoms. The van der Waals surface area contributed by atoms with Crippen LogP contribution in [0.5, 0.6) is 0 Å². The number of rotatable bonds is 1. The first-order valence-corrected chi connectivity index (χ1v) is 1.67. The number of nitrogens with zero attached hydrogens (tertiary/aromatic N) is 2. The molecule has 0 aliphatic carbocycles. The fraction of sp³-hybridized carbons (Fsp3) is 0.667. The Hall–Kier alpha value is -0.440. The topological polar surface area (TPSA) is 41.6 Å². The zero-order valence-electron chi connectivity index (χ0n) is 4.46. The Morgan fingerprint density at radius 3 is 2.00 bits per heavy atom. The quantitative estimate of drug-likeness (QED) is 0.229. The maximum Gasteiger partial charge on any atom is 0.110 e. The van der Waals surface area contributed by atoms with Gasteiger partial charge in [0.15, 0.2) is 0 Å². The first-order valence-electron chi connectivity index (χ1n) is 1.67. The number of hydrogen-bond donors (Lipinski definition) is 1. The second kappa shape index (κ2) is 5.56. The van der Waals surface area contributed by atoms with Crippen LogP contribution < -0.4 is 5.84 Å². The van der Waals surface area contributed by atoms with Crippen molar-refractivity contribution in [1.29, 1.82) is 0 Å². The van der Waals surface area contributed by atoms with E-state index in [9.17, 15) is 0 Å². The smallest absolute Gasteiger partial charge is 0.110 e. The third kappa shape index (κ3) is 10.8. The van der Waals surface area contributed by atoms with Crippen molar-refractivity contribution in [2.24, 2.45) is 10.9 Å². The highest BCUT2D eigenvalue weighted by Crippen LogP contribution is 1.56. The third-order valence-electron chi connectivity index (χ3n) is 0.298. The summed E-state index contributed by atoms with van der Waals surface area (Å²) in [6.45, 7) is 0. The summed E-state index contributed by atoms with van der Waals surface area (Å²) in [4.78, 5) is 1.76. The number of nitrogens with two attached hydrogens (primary N) is 1. The molecule has 2 N–H and O–H groups in total. The van der Waals surface area contributed by atoms with Gasteiger partial charge < -0.3 is 10.7 Å². The van der Waals surface area contributed by atoms with Crippen molar-refractivity contribution in [2.75, 3.05) is 14.1 Å². The maximum atomic E-state index is 4.76. The van der Waals surface area contributed by atoms with Gasteiger partial charge in [0.25, 0.3) is 0 Å². The van der Waals surface area contributed by atoms with Crippen LogP contribution in [0.25, 0.3) is 0 Å². The van der Waals surface area contributed by atoms with Crippen LogP contribution in [0.1, 0.15) is 0 Å². The fourth-order valence-corrected chi connectivity index (χ4v) is 0.133. The van der Waals surface area contributed by atoms with Crippen LogP contribution >= 0.6 is 12.4 Å². The molecule has 3 nitrogen and oxygen atoms in total. The van der Waals surface area contributed by atoms with Gasteiger partial charge in [-0.25, -0.2) is 0 Å². The molecule has 0 saturated carbocycles. The fourth-order valence-electron chi connectivity index (χ4n) is 0.133. The van der Waals surface area contributed by atoms with Gasteiger partial charge in [0, 0.05) is 14.1 Å². The van der Waals surface area contributed by atoms with Crippen LogP contribution in [-0.4, -0.2) is 25.3 Å². The van der Waals surface area contributed by atoms with Crippen LogP contribution in [0, 0.1) is 0 Å². The highest BCUT2D eigenvalue weighted by molar-refractivity contribution is 5.85. The van der Waals surface area contributed by atoms with E-state index in [1.54, 1.807) is 4.90 Å². The highest BCUT2D eigenvalue weighted by Gasteiger charge is 1.68. The number of hydrogen-bond acceptors (Lipinski definition) is 2. The summed E-state index contributed by atoms with van der Waals surface area (Å²) in [7, 11) is 3.72. The van der Waals surface area contributed by atoms with Gasteiger partial charge in [0.1, 0.15) is 6.34 Å². The van der Waals surface area contributed by atoms with Gasteiger partial charge in [-0.2, -0.15) is 5.10 Å². The summed E-state index contributed by atoms with van der Waals surface area (Å²) in [5.41, 5.74) is 0. The van der Waals surface area contributed by atoms with Crippen molar-refractivity contribution in [3.63, 3.8) is 0 Å². The minimum atomic E-state index is 0. The monoisotopic (exact) mass is 123 g/mol. The lowest BCUT2D eigenvalue weighted by Crippen LogP contribution is -2.08. The Labute approximate surface area is 49.6 Å².